The largest absolute Gasteiger partial charge is 0.346 e. The Hall–Kier alpha value is -0.237. The Morgan fingerprint density at radius 1 is 1.50 bits per heavy atom. The van der Waals surface area contributed by atoms with E-state index >= 15 is 0 Å². The van der Waals surface area contributed by atoms with Crippen LogP contribution in [0.15, 0.2) is 17.0 Å². The van der Waals surface area contributed by atoms with Gasteiger partial charge in [0.05, 0.1) is 6.20 Å². The van der Waals surface area contributed by atoms with Crippen molar-refractivity contribution in [1.29, 1.82) is 0 Å². The molecule has 1 rings (SSSR count). The van der Waals surface area contributed by atoms with Gasteiger partial charge in [0.25, 0.3) is 0 Å². The zero-order valence-corrected chi connectivity index (χ0v) is 6.13. The molecule has 1 aromatic heterocycles. The maximum absolute atomic E-state index is 4.22. The molecule has 1 heterocycles. The molecule has 1 aromatic rings. The summed E-state index contributed by atoms with van der Waals surface area (Å²) >= 11 is 0. The zero-order chi connectivity index (χ0) is 3.54. The molecule has 0 unspecified atom stereocenters. The third kappa shape index (κ3) is 1.27. The number of hydrogen-bond donors (Lipinski definition) is 0. The molecule has 0 amide bonds. The van der Waals surface area contributed by atoms with Gasteiger partial charge in [-0.25, -0.2) is 0 Å². The van der Waals surface area contributed by atoms with E-state index in [1.807, 2.05) is 0 Å². The van der Waals surface area contributed by atoms with Crippen LogP contribution in [-0.2, 0) is 19.5 Å². The molecule has 0 radical (unpaired) electrons. The van der Waals surface area contributed by atoms with E-state index in [9.17, 15) is 0 Å². The standard InChI is InChI=1S/C2H2N2O.Zn/c1-2-5-4-3-1;/h1-2H;. The maximum atomic E-state index is 4.22. The van der Waals surface area contributed by atoms with Crippen LogP contribution in [-0.4, -0.2) is 10.4 Å². The van der Waals surface area contributed by atoms with Gasteiger partial charge in [-0.05, 0) is 0 Å². The molecule has 0 spiro atoms. The smallest absolute Gasteiger partial charge is 0.144 e. The van der Waals surface area contributed by atoms with Gasteiger partial charge in [0.2, 0.25) is 0 Å². The topological polar surface area (TPSA) is 38.9 Å². The van der Waals surface area contributed by atoms with E-state index in [0.717, 1.165) is 0 Å². The summed E-state index contributed by atoms with van der Waals surface area (Å²) < 4.78 is 4.22. The quantitative estimate of drug-likeness (QED) is 0.473. The fraction of sp³-hybridized carbons (Fsp3) is 0. The van der Waals surface area contributed by atoms with Gasteiger partial charge in [-0.15, -0.1) is 5.10 Å². The molecule has 4 heteroatoms. The minimum absolute atomic E-state index is 0. The Morgan fingerprint density at radius 3 is 2.50 bits per heavy atom. The Kier molecular flexibility index (Phi) is 2.86. The Balaban J connectivity index is 0.000000250. The van der Waals surface area contributed by atoms with Gasteiger partial charge in [-0.2, -0.15) is 0 Å². The molecule has 0 fully saturated rings. The van der Waals surface area contributed by atoms with Gasteiger partial charge in [-0.1, -0.05) is 0 Å². The monoisotopic (exact) mass is 134 g/mol. The van der Waals surface area contributed by atoms with Gasteiger partial charge in [0, 0.05) is 24.7 Å². The summed E-state index contributed by atoms with van der Waals surface area (Å²) in [4.78, 5) is 0. The number of hydrogen-bond acceptors (Lipinski definition) is 3. The predicted molar refractivity (Wildman–Crippen MR) is 14.3 cm³/mol. The van der Waals surface area contributed by atoms with E-state index in [2.05, 4.69) is 14.9 Å². The summed E-state index contributed by atoms with van der Waals surface area (Å²) in [7, 11) is 0. The van der Waals surface area contributed by atoms with Gasteiger partial charge < -0.3 is 4.52 Å². The summed E-state index contributed by atoms with van der Waals surface area (Å²) in [5.41, 5.74) is 0. The molecule has 0 aliphatic rings. The van der Waals surface area contributed by atoms with Crippen molar-refractivity contribution >= 4 is 0 Å². The minimum atomic E-state index is 0. The van der Waals surface area contributed by atoms with Crippen LogP contribution in [0.4, 0.5) is 0 Å². The first-order valence-corrected chi connectivity index (χ1v) is 1.21. The van der Waals surface area contributed by atoms with Crippen LogP contribution in [0.2, 0.25) is 0 Å². The van der Waals surface area contributed by atoms with E-state index in [0.29, 0.717) is 0 Å². The maximum Gasteiger partial charge on any atom is 0.144 e. The molecule has 0 aliphatic carbocycles. The SMILES string of the molecule is [Zn].c1conn1. The Labute approximate surface area is 47.5 Å². The van der Waals surface area contributed by atoms with Crippen LogP contribution in [0.1, 0.15) is 0 Å². The summed E-state index contributed by atoms with van der Waals surface area (Å²) in [6, 6.07) is 0. The molecule has 0 saturated heterocycles. The summed E-state index contributed by atoms with van der Waals surface area (Å²) in [6.45, 7) is 0. The summed E-state index contributed by atoms with van der Waals surface area (Å²) in [6.07, 6.45) is 2.88. The summed E-state index contributed by atoms with van der Waals surface area (Å²) in [5, 5.41) is 6.40. The molecule has 3 nitrogen and oxygen atoms in total. The molecular weight excluding hydrogens is 133 g/mol. The third-order valence-electron chi connectivity index (χ3n) is 0.283. The third-order valence-corrected chi connectivity index (χ3v) is 0.283. The second kappa shape index (κ2) is 2.97. The fourth-order valence-corrected chi connectivity index (χ4v) is 0.136. The van der Waals surface area contributed by atoms with Crippen LogP contribution >= 0.6 is 0 Å². The van der Waals surface area contributed by atoms with E-state index in [-0.39, 0.29) is 19.5 Å². The van der Waals surface area contributed by atoms with E-state index < -0.39 is 0 Å². The van der Waals surface area contributed by atoms with Crippen molar-refractivity contribution in [3.63, 3.8) is 0 Å². The van der Waals surface area contributed by atoms with Gasteiger partial charge in [0.1, 0.15) is 6.26 Å². The van der Waals surface area contributed by atoms with E-state index in [4.69, 9.17) is 0 Å². The molecular formula is C2H2N2OZn. The first-order chi connectivity index (χ1) is 2.50. The van der Waals surface area contributed by atoms with Crippen LogP contribution in [0.5, 0.6) is 0 Å². The number of rotatable bonds is 0. The molecule has 0 N–H and O–H groups in total. The first-order valence-electron chi connectivity index (χ1n) is 1.21. The number of aromatic nitrogens is 2. The van der Waals surface area contributed by atoms with Crippen molar-refractivity contribution in [2.24, 2.45) is 0 Å². The second-order valence-corrected chi connectivity index (χ2v) is 0.588. The first kappa shape index (κ1) is 5.76. The van der Waals surface area contributed by atoms with Crippen LogP contribution in [0.25, 0.3) is 0 Å². The molecule has 0 bridgehead atoms. The van der Waals surface area contributed by atoms with Gasteiger partial charge in [-0.3, -0.25) is 0 Å². The van der Waals surface area contributed by atoms with Crippen molar-refractivity contribution < 1.29 is 24.0 Å². The average Bonchev–Trinajstić information content (AvgIpc) is 1.76. The molecule has 6 heavy (non-hydrogen) atoms. The Bertz CT molecular complexity index is 68.0. The van der Waals surface area contributed by atoms with Crippen molar-refractivity contribution in [3.05, 3.63) is 12.5 Å². The average molecular weight is 135 g/mol. The fourth-order valence-electron chi connectivity index (χ4n) is 0.136. The zero-order valence-electron chi connectivity index (χ0n) is 3.16. The van der Waals surface area contributed by atoms with Crippen LogP contribution in [0.3, 0.4) is 0 Å². The molecule has 28 valence electrons. The van der Waals surface area contributed by atoms with E-state index in [1.54, 1.807) is 0 Å². The summed E-state index contributed by atoms with van der Waals surface area (Å²) in [5.74, 6) is 0. The Morgan fingerprint density at radius 2 is 2.33 bits per heavy atom. The van der Waals surface area contributed by atoms with Gasteiger partial charge in [0.15, 0.2) is 0 Å². The second-order valence-electron chi connectivity index (χ2n) is 0.588. The van der Waals surface area contributed by atoms with E-state index in [1.165, 1.54) is 12.5 Å². The number of nitrogens with zero attached hydrogens (tertiary/aromatic N) is 2. The van der Waals surface area contributed by atoms with Crippen molar-refractivity contribution in [3.8, 4) is 0 Å². The molecule has 0 aromatic carbocycles. The van der Waals surface area contributed by atoms with Crippen LogP contribution < -0.4 is 0 Å². The van der Waals surface area contributed by atoms with Crippen LogP contribution in [0, 0.1) is 0 Å². The van der Waals surface area contributed by atoms with Crippen molar-refractivity contribution in [1.82, 2.24) is 10.4 Å². The van der Waals surface area contributed by atoms with Crippen molar-refractivity contribution in [2.45, 2.75) is 0 Å². The molecule has 0 atom stereocenters. The predicted octanol–water partition coefficient (Wildman–Crippen LogP) is 0.0671. The minimum Gasteiger partial charge on any atom is -0.346 e. The molecule has 0 aliphatic heterocycles. The van der Waals surface area contributed by atoms with Gasteiger partial charge >= 0.3 is 0 Å². The molecule has 0 saturated carbocycles. The normalized spacial score (nSPS) is 6.67. The van der Waals surface area contributed by atoms with Crippen molar-refractivity contribution in [2.75, 3.05) is 0 Å².